The highest BCUT2D eigenvalue weighted by Crippen LogP contribution is 2.27. The van der Waals surface area contributed by atoms with Crippen molar-refractivity contribution in [3.05, 3.63) is 83.7 Å². The molecule has 0 saturated carbocycles. The molecule has 6 nitrogen and oxygen atoms in total. The number of benzene rings is 2. The van der Waals surface area contributed by atoms with Crippen molar-refractivity contribution in [3.8, 4) is 11.5 Å². The van der Waals surface area contributed by atoms with E-state index in [9.17, 15) is 18.4 Å². The lowest BCUT2D eigenvalue weighted by molar-refractivity contribution is -0.115. The maximum Gasteiger partial charge on any atom is 0.270 e. The van der Waals surface area contributed by atoms with Crippen LogP contribution < -0.4 is 15.4 Å². The van der Waals surface area contributed by atoms with Gasteiger partial charge in [-0.05, 0) is 42.0 Å². The van der Waals surface area contributed by atoms with Gasteiger partial charge in [-0.25, -0.2) is 8.78 Å². The minimum absolute atomic E-state index is 0.0263. The second kappa shape index (κ2) is 9.34. The third kappa shape index (κ3) is 6.08. The summed E-state index contributed by atoms with van der Waals surface area (Å²) < 4.78 is 32.6. The van der Waals surface area contributed by atoms with Gasteiger partial charge in [0.05, 0.1) is 6.42 Å². The molecule has 0 aliphatic heterocycles. The Balaban J connectivity index is 1.61. The van der Waals surface area contributed by atoms with Crippen molar-refractivity contribution in [2.45, 2.75) is 19.3 Å². The third-order valence-corrected chi connectivity index (χ3v) is 4.36. The summed E-state index contributed by atoms with van der Waals surface area (Å²) in [5.41, 5.74) is 1.14. The molecule has 0 unspecified atom stereocenters. The van der Waals surface area contributed by atoms with Gasteiger partial charge in [0.2, 0.25) is 5.91 Å². The summed E-state index contributed by atoms with van der Waals surface area (Å²) in [7, 11) is 1.51. The first-order valence-electron chi connectivity index (χ1n) is 9.48. The van der Waals surface area contributed by atoms with Gasteiger partial charge in [0.25, 0.3) is 11.8 Å². The summed E-state index contributed by atoms with van der Waals surface area (Å²) in [6.07, 6.45) is 1.44. The van der Waals surface area contributed by atoms with E-state index in [0.29, 0.717) is 22.7 Å². The molecule has 1 aromatic heterocycles. The molecule has 3 rings (SSSR count). The molecule has 0 saturated heterocycles. The van der Waals surface area contributed by atoms with E-state index in [0.717, 1.165) is 6.92 Å². The van der Waals surface area contributed by atoms with Crippen molar-refractivity contribution in [2.24, 2.45) is 0 Å². The van der Waals surface area contributed by atoms with E-state index in [1.807, 2.05) is 0 Å². The first-order chi connectivity index (χ1) is 14.7. The van der Waals surface area contributed by atoms with Crippen molar-refractivity contribution in [3.63, 3.8) is 0 Å². The number of pyridine rings is 1. The number of hydrogen-bond acceptors (Lipinski definition) is 4. The van der Waals surface area contributed by atoms with Gasteiger partial charge in [0.15, 0.2) is 0 Å². The number of hydrogen-bond donors (Lipinski definition) is 2. The van der Waals surface area contributed by atoms with Gasteiger partial charge >= 0.3 is 0 Å². The number of halogens is 2. The number of alkyl halides is 2. The molecule has 0 aliphatic rings. The van der Waals surface area contributed by atoms with Crippen LogP contribution in [0, 0.1) is 0 Å². The van der Waals surface area contributed by atoms with Crippen LogP contribution in [0.3, 0.4) is 0 Å². The van der Waals surface area contributed by atoms with Crippen LogP contribution in [0.25, 0.3) is 0 Å². The number of nitrogens with zero attached hydrogens (tertiary/aromatic N) is 1. The van der Waals surface area contributed by atoms with E-state index < -0.39 is 5.92 Å². The molecule has 31 heavy (non-hydrogen) atoms. The monoisotopic (exact) mass is 425 g/mol. The zero-order chi connectivity index (χ0) is 22.4. The van der Waals surface area contributed by atoms with Crippen LogP contribution in [0.2, 0.25) is 0 Å². The van der Waals surface area contributed by atoms with Gasteiger partial charge in [-0.3, -0.25) is 14.6 Å². The summed E-state index contributed by atoms with van der Waals surface area (Å²) in [5, 5.41) is 5.22. The number of nitrogens with one attached hydrogen (secondary N) is 2. The molecule has 0 spiro atoms. The molecule has 2 N–H and O–H groups in total. The number of carbonyl (C=O) groups excluding carboxylic acids is 2. The van der Waals surface area contributed by atoms with Crippen LogP contribution >= 0.6 is 0 Å². The van der Waals surface area contributed by atoms with E-state index in [4.69, 9.17) is 4.74 Å². The Labute approximate surface area is 178 Å². The minimum atomic E-state index is -2.96. The maximum atomic E-state index is 13.5. The number of rotatable bonds is 7. The lowest BCUT2D eigenvalue weighted by Gasteiger charge is -2.12. The van der Waals surface area contributed by atoms with E-state index in [2.05, 4.69) is 15.6 Å². The number of ether oxygens (including phenoxy) is 1. The molecule has 160 valence electrons. The predicted octanol–water partition coefficient (Wildman–Crippen LogP) is 4.53. The number of carbonyl (C=O) groups is 2. The van der Waals surface area contributed by atoms with Gasteiger partial charge in [-0.2, -0.15) is 0 Å². The van der Waals surface area contributed by atoms with Crippen LogP contribution in [0.5, 0.6) is 11.5 Å². The van der Waals surface area contributed by atoms with Crippen LogP contribution in [-0.2, 0) is 17.1 Å². The van der Waals surface area contributed by atoms with Crippen LogP contribution in [0.1, 0.15) is 28.5 Å². The van der Waals surface area contributed by atoms with Crippen molar-refractivity contribution in [2.75, 3.05) is 12.4 Å². The highest BCUT2D eigenvalue weighted by atomic mass is 19.3. The molecule has 0 aliphatic carbocycles. The first-order valence-corrected chi connectivity index (χ1v) is 9.48. The molecule has 1 heterocycles. The van der Waals surface area contributed by atoms with Crippen molar-refractivity contribution in [1.82, 2.24) is 10.3 Å². The fourth-order valence-electron chi connectivity index (χ4n) is 2.81. The third-order valence-electron chi connectivity index (χ3n) is 4.36. The molecular weight excluding hydrogens is 404 g/mol. The topological polar surface area (TPSA) is 80.3 Å². The first kappa shape index (κ1) is 21.9. The molecular formula is C23H21F2N3O3. The highest BCUT2D eigenvalue weighted by Gasteiger charge is 2.24. The highest BCUT2D eigenvalue weighted by molar-refractivity contribution is 5.92. The molecule has 0 radical (unpaired) electrons. The zero-order valence-electron chi connectivity index (χ0n) is 17.0. The van der Waals surface area contributed by atoms with Crippen LogP contribution in [0.4, 0.5) is 14.5 Å². The second-order valence-electron chi connectivity index (χ2n) is 6.90. The summed E-state index contributed by atoms with van der Waals surface area (Å²) >= 11 is 0. The van der Waals surface area contributed by atoms with Gasteiger partial charge < -0.3 is 15.4 Å². The molecule has 2 aromatic carbocycles. The summed E-state index contributed by atoms with van der Waals surface area (Å²) in [5.74, 6) is -2.66. The Morgan fingerprint density at radius 3 is 2.45 bits per heavy atom. The van der Waals surface area contributed by atoms with E-state index in [1.54, 1.807) is 36.4 Å². The largest absolute Gasteiger partial charge is 0.457 e. The maximum absolute atomic E-state index is 13.5. The Kier molecular flexibility index (Phi) is 6.59. The van der Waals surface area contributed by atoms with E-state index in [-0.39, 0.29) is 29.5 Å². The van der Waals surface area contributed by atoms with Gasteiger partial charge in [0.1, 0.15) is 17.2 Å². The average molecular weight is 425 g/mol. The van der Waals surface area contributed by atoms with E-state index in [1.165, 1.54) is 37.5 Å². The van der Waals surface area contributed by atoms with Crippen LogP contribution in [-0.4, -0.2) is 23.8 Å². The Morgan fingerprint density at radius 1 is 1.03 bits per heavy atom. The number of amides is 2. The average Bonchev–Trinajstić information content (AvgIpc) is 2.74. The number of aromatic nitrogens is 1. The van der Waals surface area contributed by atoms with Crippen molar-refractivity contribution >= 4 is 17.5 Å². The molecule has 8 heteroatoms. The lowest BCUT2D eigenvalue weighted by atomic mass is 10.0. The molecule has 2 amide bonds. The zero-order valence-corrected chi connectivity index (χ0v) is 17.0. The Morgan fingerprint density at radius 2 is 1.77 bits per heavy atom. The normalized spacial score (nSPS) is 11.0. The summed E-state index contributed by atoms with van der Waals surface area (Å²) in [4.78, 5) is 27.9. The standard InChI is InChI=1S/C23H21F2N3O3/c1-23(24,25)16-5-3-4-15(12-16)13-21(29)28-17-6-8-18(9-7-17)31-19-10-11-27-20(14-19)22(30)26-2/h3-12,14H,13H2,1-2H3,(H,26,30)(H,28,29). The quantitative estimate of drug-likeness (QED) is 0.583. The van der Waals surface area contributed by atoms with E-state index >= 15 is 0 Å². The lowest BCUT2D eigenvalue weighted by Crippen LogP contribution is -2.18. The van der Waals surface area contributed by atoms with Crippen molar-refractivity contribution in [1.29, 1.82) is 0 Å². The Hall–Kier alpha value is -3.81. The fraction of sp³-hybridized carbons (Fsp3) is 0.174. The SMILES string of the molecule is CNC(=O)c1cc(Oc2ccc(NC(=O)Cc3cccc(C(C)(F)F)c3)cc2)ccn1. The predicted molar refractivity (Wildman–Crippen MR) is 112 cm³/mol. The van der Waals surface area contributed by atoms with Gasteiger partial charge in [0, 0.05) is 37.5 Å². The molecule has 3 aromatic rings. The summed E-state index contributed by atoms with van der Waals surface area (Å²) in [6, 6.07) is 15.6. The number of anilines is 1. The van der Waals surface area contributed by atoms with Gasteiger partial charge in [-0.15, -0.1) is 0 Å². The summed E-state index contributed by atoms with van der Waals surface area (Å²) in [6.45, 7) is 0.821. The Bertz CT molecular complexity index is 1080. The fourth-order valence-corrected chi connectivity index (χ4v) is 2.81. The minimum Gasteiger partial charge on any atom is -0.457 e. The van der Waals surface area contributed by atoms with Crippen LogP contribution in [0.15, 0.2) is 66.9 Å². The molecule has 0 atom stereocenters. The van der Waals surface area contributed by atoms with Gasteiger partial charge in [-0.1, -0.05) is 18.2 Å². The van der Waals surface area contributed by atoms with Crippen molar-refractivity contribution < 1.29 is 23.1 Å². The molecule has 0 bridgehead atoms. The second-order valence-corrected chi connectivity index (χ2v) is 6.90. The molecule has 0 fully saturated rings. The smallest absolute Gasteiger partial charge is 0.270 e.